The van der Waals surface area contributed by atoms with Crippen molar-refractivity contribution in [1.82, 2.24) is 19.0 Å². The van der Waals surface area contributed by atoms with E-state index in [-0.39, 0.29) is 28.3 Å². The van der Waals surface area contributed by atoms with Crippen LogP contribution >= 0.6 is 15.9 Å². The van der Waals surface area contributed by atoms with Gasteiger partial charge in [-0.1, -0.05) is 0 Å². The summed E-state index contributed by atoms with van der Waals surface area (Å²) in [5.41, 5.74) is 0.804. The maximum atomic E-state index is 14.5. The number of ether oxygens (including phenoxy) is 2. The van der Waals surface area contributed by atoms with E-state index < -0.39 is 23.5 Å². The molecule has 2 aromatic heterocycles. The molecule has 36 heavy (non-hydrogen) atoms. The molecule has 11 heteroatoms. The predicted octanol–water partition coefficient (Wildman–Crippen LogP) is 4.51. The van der Waals surface area contributed by atoms with Crippen molar-refractivity contribution in [3.05, 3.63) is 62.5 Å². The van der Waals surface area contributed by atoms with Gasteiger partial charge in [0.1, 0.15) is 11.4 Å². The van der Waals surface area contributed by atoms with Crippen LogP contribution in [0, 0.1) is 5.82 Å². The lowest BCUT2D eigenvalue weighted by Gasteiger charge is -2.34. The Morgan fingerprint density at radius 1 is 1.22 bits per heavy atom. The Bertz CT molecular complexity index is 1360. The first-order valence-corrected chi connectivity index (χ1v) is 12.4. The molecular formula is C25H28BrFN4O5. The lowest BCUT2D eigenvalue weighted by atomic mass is 10.1. The Morgan fingerprint density at radius 3 is 2.61 bits per heavy atom. The maximum absolute atomic E-state index is 14.5. The second kappa shape index (κ2) is 10.0. The summed E-state index contributed by atoms with van der Waals surface area (Å²) >= 11 is 3.23. The van der Waals surface area contributed by atoms with Crippen LogP contribution in [-0.4, -0.2) is 56.9 Å². The Morgan fingerprint density at radius 2 is 1.97 bits per heavy atom. The minimum absolute atomic E-state index is 0.0767. The number of hydrogen-bond donors (Lipinski definition) is 0. The van der Waals surface area contributed by atoms with Crippen LogP contribution in [0.1, 0.15) is 55.7 Å². The molecule has 0 unspecified atom stereocenters. The van der Waals surface area contributed by atoms with Gasteiger partial charge in [0.15, 0.2) is 0 Å². The van der Waals surface area contributed by atoms with Gasteiger partial charge >= 0.3 is 17.8 Å². The van der Waals surface area contributed by atoms with Crippen LogP contribution < -0.4 is 5.69 Å². The molecule has 0 saturated carbocycles. The Balaban J connectivity index is 1.72. The quantitative estimate of drug-likeness (QED) is 0.434. The van der Waals surface area contributed by atoms with Crippen molar-refractivity contribution in [2.75, 3.05) is 20.2 Å². The molecule has 192 valence electrons. The Hall–Kier alpha value is -3.21. The molecule has 1 saturated heterocycles. The van der Waals surface area contributed by atoms with E-state index >= 15 is 0 Å². The van der Waals surface area contributed by atoms with Gasteiger partial charge in [-0.05, 0) is 67.7 Å². The zero-order chi connectivity index (χ0) is 26.2. The number of aromatic nitrogens is 3. The van der Waals surface area contributed by atoms with Gasteiger partial charge in [-0.15, -0.1) is 0 Å². The van der Waals surface area contributed by atoms with E-state index in [1.807, 2.05) is 20.8 Å². The zero-order valence-electron chi connectivity index (χ0n) is 20.6. The number of carbonyl (C=O) groups excluding carboxylic acids is 2. The van der Waals surface area contributed by atoms with Crippen LogP contribution in [0.3, 0.4) is 0 Å². The Labute approximate surface area is 215 Å². The number of amides is 1. The number of rotatable bonds is 4. The lowest BCUT2D eigenvalue weighted by Crippen LogP contribution is -2.45. The number of methoxy groups -OCH3 is 1. The SMILES string of the molecule is COC(=O)c1ccc(Cn2c(=O)n([C@H]3CCCN(C(=O)OC(C)(C)C)C3)c3cc(Br)c(F)cc32)nc1. The number of imidazole rings is 1. The van der Waals surface area contributed by atoms with Crippen molar-refractivity contribution < 1.29 is 23.5 Å². The normalized spacial score (nSPS) is 16.3. The van der Waals surface area contributed by atoms with E-state index in [4.69, 9.17) is 9.47 Å². The second-order valence-electron chi connectivity index (χ2n) is 9.75. The summed E-state index contributed by atoms with van der Waals surface area (Å²) in [6, 6.07) is 5.78. The first kappa shape index (κ1) is 25.9. The Kier molecular flexibility index (Phi) is 7.21. The average Bonchev–Trinajstić information content (AvgIpc) is 3.08. The molecule has 9 nitrogen and oxygen atoms in total. The van der Waals surface area contributed by atoms with Crippen LogP contribution in [0.4, 0.5) is 9.18 Å². The number of hydrogen-bond acceptors (Lipinski definition) is 6. The molecule has 3 aromatic rings. The highest BCUT2D eigenvalue weighted by atomic mass is 79.9. The molecule has 1 amide bonds. The monoisotopic (exact) mass is 562 g/mol. The van der Waals surface area contributed by atoms with Crippen molar-refractivity contribution in [3.8, 4) is 0 Å². The third kappa shape index (κ3) is 5.30. The molecule has 0 bridgehead atoms. The van der Waals surface area contributed by atoms with E-state index in [2.05, 4.69) is 20.9 Å². The summed E-state index contributed by atoms with van der Waals surface area (Å²) in [6.07, 6.45) is 2.33. The maximum Gasteiger partial charge on any atom is 0.410 e. The van der Waals surface area contributed by atoms with E-state index in [1.165, 1.54) is 23.9 Å². The molecule has 3 heterocycles. The van der Waals surface area contributed by atoms with Crippen molar-refractivity contribution in [1.29, 1.82) is 0 Å². The van der Waals surface area contributed by atoms with Crippen molar-refractivity contribution >= 4 is 39.0 Å². The van der Waals surface area contributed by atoms with E-state index in [9.17, 15) is 18.8 Å². The molecule has 0 spiro atoms. The molecule has 1 aliphatic rings. The van der Waals surface area contributed by atoms with Crippen molar-refractivity contribution in [2.45, 2.75) is 51.8 Å². The first-order chi connectivity index (χ1) is 17.0. The fraction of sp³-hybridized carbons (Fsp3) is 0.440. The number of likely N-dealkylation sites (tertiary alicyclic amines) is 1. The van der Waals surface area contributed by atoms with Crippen LogP contribution in [0.15, 0.2) is 39.7 Å². The molecule has 0 radical (unpaired) electrons. The summed E-state index contributed by atoms with van der Waals surface area (Å²) in [5.74, 6) is -1.01. The molecule has 1 atom stereocenters. The van der Waals surface area contributed by atoms with Crippen molar-refractivity contribution in [3.63, 3.8) is 0 Å². The van der Waals surface area contributed by atoms with Gasteiger partial charge in [0.2, 0.25) is 0 Å². The largest absolute Gasteiger partial charge is 0.465 e. The molecule has 4 rings (SSSR count). The topological polar surface area (TPSA) is 95.7 Å². The highest BCUT2D eigenvalue weighted by Crippen LogP contribution is 2.29. The van der Waals surface area contributed by atoms with Gasteiger partial charge in [0.05, 0.1) is 46.5 Å². The molecule has 1 aromatic carbocycles. The predicted molar refractivity (Wildman–Crippen MR) is 135 cm³/mol. The molecule has 1 fully saturated rings. The van der Waals surface area contributed by atoms with Gasteiger partial charge in [-0.3, -0.25) is 14.1 Å². The van der Waals surface area contributed by atoms with Gasteiger partial charge in [-0.2, -0.15) is 0 Å². The highest BCUT2D eigenvalue weighted by molar-refractivity contribution is 9.10. The van der Waals surface area contributed by atoms with Crippen LogP contribution in [-0.2, 0) is 16.0 Å². The zero-order valence-corrected chi connectivity index (χ0v) is 22.2. The summed E-state index contributed by atoms with van der Waals surface area (Å²) in [7, 11) is 1.28. The van der Waals surface area contributed by atoms with Gasteiger partial charge in [-0.25, -0.2) is 18.8 Å². The smallest absolute Gasteiger partial charge is 0.410 e. The van der Waals surface area contributed by atoms with E-state index in [1.54, 1.807) is 27.7 Å². The first-order valence-electron chi connectivity index (χ1n) is 11.6. The number of pyridine rings is 1. The van der Waals surface area contributed by atoms with Gasteiger partial charge < -0.3 is 14.4 Å². The number of benzene rings is 1. The molecule has 0 aliphatic carbocycles. The van der Waals surface area contributed by atoms with Crippen LogP contribution in [0.5, 0.6) is 0 Å². The minimum atomic E-state index is -0.629. The highest BCUT2D eigenvalue weighted by Gasteiger charge is 2.31. The fourth-order valence-electron chi connectivity index (χ4n) is 4.35. The van der Waals surface area contributed by atoms with Gasteiger partial charge in [0.25, 0.3) is 0 Å². The minimum Gasteiger partial charge on any atom is -0.465 e. The van der Waals surface area contributed by atoms with Gasteiger partial charge in [0, 0.05) is 25.4 Å². The lowest BCUT2D eigenvalue weighted by molar-refractivity contribution is 0.0172. The number of carbonyl (C=O) groups is 2. The fourth-order valence-corrected chi connectivity index (χ4v) is 4.68. The van der Waals surface area contributed by atoms with Crippen LogP contribution in [0.25, 0.3) is 11.0 Å². The number of halogens is 2. The second-order valence-corrected chi connectivity index (χ2v) is 10.6. The summed E-state index contributed by atoms with van der Waals surface area (Å²) in [4.78, 5) is 44.0. The third-order valence-corrected chi connectivity index (χ3v) is 6.59. The van der Waals surface area contributed by atoms with Crippen molar-refractivity contribution in [2.24, 2.45) is 0 Å². The third-order valence-electron chi connectivity index (χ3n) is 5.98. The average molecular weight is 563 g/mol. The number of fused-ring (bicyclic) bond motifs is 1. The summed E-state index contributed by atoms with van der Waals surface area (Å²) < 4.78 is 28.1. The molecule has 1 aliphatic heterocycles. The summed E-state index contributed by atoms with van der Waals surface area (Å²) in [5, 5.41) is 0. The number of piperidine rings is 1. The number of nitrogens with zero attached hydrogens (tertiary/aromatic N) is 4. The summed E-state index contributed by atoms with van der Waals surface area (Å²) in [6.45, 7) is 6.34. The molecular weight excluding hydrogens is 535 g/mol. The van der Waals surface area contributed by atoms with E-state index in [0.717, 1.165) is 0 Å². The standard InChI is InChI=1S/C25H28BrFN4O5/c1-25(2,3)36-24(34)29-9-5-6-17(14-29)31-21-10-18(26)19(27)11-20(21)30(23(31)33)13-16-8-7-15(12-28-16)22(32)35-4/h7-8,10-12,17H,5-6,9,13-14H2,1-4H3/t17-/m0/s1. The molecule has 0 N–H and O–H groups in total. The van der Waals surface area contributed by atoms with E-state index in [0.29, 0.717) is 42.7 Å². The van der Waals surface area contributed by atoms with Crippen LogP contribution in [0.2, 0.25) is 0 Å². The number of esters is 1.